The van der Waals surface area contributed by atoms with Crippen molar-refractivity contribution in [1.29, 1.82) is 0 Å². The number of Topliss-reactive ketones (excluding diaryl/α,β-unsaturated/α-hetero) is 1. The van der Waals surface area contributed by atoms with E-state index in [2.05, 4.69) is 6.58 Å². The van der Waals surface area contributed by atoms with Crippen molar-refractivity contribution in [2.75, 3.05) is 7.11 Å². The van der Waals surface area contributed by atoms with Crippen LogP contribution in [0.1, 0.15) is 30.4 Å². The third-order valence-corrected chi connectivity index (χ3v) is 5.75. The molecule has 1 heterocycles. The van der Waals surface area contributed by atoms with Crippen molar-refractivity contribution in [2.24, 2.45) is 5.92 Å². The summed E-state index contributed by atoms with van der Waals surface area (Å²) in [5.74, 6) is 1.87. The minimum atomic E-state index is -0.463. The average Bonchev–Trinajstić information content (AvgIpc) is 2.86. The van der Waals surface area contributed by atoms with E-state index in [-0.39, 0.29) is 5.78 Å². The van der Waals surface area contributed by atoms with Crippen LogP contribution in [0.3, 0.4) is 0 Å². The molecule has 0 bridgehead atoms. The van der Waals surface area contributed by atoms with Crippen molar-refractivity contribution in [2.45, 2.75) is 37.2 Å². The van der Waals surface area contributed by atoms with Gasteiger partial charge in [0.15, 0.2) is 23.4 Å². The summed E-state index contributed by atoms with van der Waals surface area (Å²) in [6.45, 7) is 4.05. The predicted molar refractivity (Wildman–Crippen MR) is 80.3 cm³/mol. The molecule has 3 aliphatic rings. The van der Waals surface area contributed by atoms with Gasteiger partial charge in [0.05, 0.1) is 12.5 Å². The highest BCUT2D eigenvalue weighted by molar-refractivity contribution is 6.31. The minimum absolute atomic E-state index is 0.161. The van der Waals surface area contributed by atoms with Crippen molar-refractivity contribution in [3.05, 3.63) is 34.9 Å². The first-order valence-electron chi connectivity index (χ1n) is 7.36. The second-order valence-corrected chi connectivity index (χ2v) is 6.53. The van der Waals surface area contributed by atoms with Gasteiger partial charge in [0.25, 0.3) is 0 Å². The Hall–Kier alpha value is -1.48. The van der Waals surface area contributed by atoms with Crippen molar-refractivity contribution >= 4 is 17.4 Å². The molecule has 110 valence electrons. The monoisotopic (exact) mass is 304 g/mol. The highest BCUT2D eigenvalue weighted by atomic mass is 35.5. The fourth-order valence-corrected chi connectivity index (χ4v) is 4.77. The maximum atomic E-state index is 12.4. The van der Waals surface area contributed by atoms with E-state index in [4.69, 9.17) is 21.1 Å². The molecule has 0 aromatic heterocycles. The maximum Gasteiger partial charge on any atom is 0.174 e. The van der Waals surface area contributed by atoms with E-state index in [0.717, 1.165) is 30.4 Å². The molecule has 4 heteroatoms. The summed E-state index contributed by atoms with van der Waals surface area (Å²) in [5.41, 5.74) is 1.73. The van der Waals surface area contributed by atoms with Gasteiger partial charge in [-0.25, -0.2) is 0 Å². The number of ether oxygens (including phenoxy) is 2. The minimum Gasteiger partial charge on any atom is -0.493 e. The second-order valence-electron chi connectivity index (χ2n) is 6.12. The lowest BCUT2D eigenvalue weighted by Crippen LogP contribution is -2.52. The number of ketones is 1. The van der Waals surface area contributed by atoms with Gasteiger partial charge in [-0.2, -0.15) is 0 Å². The average molecular weight is 305 g/mol. The normalized spacial score (nSPS) is 32.4. The van der Waals surface area contributed by atoms with Gasteiger partial charge in [0, 0.05) is 23.1 Å². The van der Waals surface area contributed by atoms with Gasteiger partial charge < -0.3 is 9.47 Å². The molecular weight excluding hydrogens is 288 g/mol. The number of halogens is 1. The Bertz CT molecular complexity index is 666. The molecule has 1 aromatic rings. The molecule has 1 aliphatic heterocycles. The molecule has 1 fully saturated rings. The molecule has 0 unspecified atom stereocenters. The fraction of sp³-hybridized carbons (Fsp3) is 0.471. The highest BCUT2D eigenvalue weighted by Gasteiger charge is 2.60. The number of methoxy groups -OCH3 is 1. The Morgan fingerprint density at radius 3 is 2.95 bits per heavy atom. The summed E-state index contributed by atoms with van der Waals surface area (Å²) in [5, 5.41) is 0.701. The van der Waals surface area contributed by atoms with Crippen molar-refractivity contribution < 1.29 is 14.3 Å². The summed E-state index contributed by atoms with van der Waals surface area (Å²) in [7, 11) is 1.60. The molecule has 1 saturated carbocycles. The largest absolute Gasteiger partial charge is 0.493 e. The summed E-state index contributed by atoms with van der Waals surface area (Å²) < 4.78 is 11.5. The number of rotatable bonds is 2. The highest BCUT2D eigenvalue weighted by Crippen LogP contribution is 2.61. The van der Waals surface area contributed by atoms with E-state index in [9.17, 15) is 4.79 Å². The molecule has 0 radical (unpaired) electrons. The summed E-state index contributed by atoms with van der Waals surface area (Å²) in [6, 6.07) is 1.80. The van der Waals surface area contributed by atoms with Crippen LogP contribution in [-0.4, -0.2) is 19.0 Å². The Morgan fingerprint density at radius 2 is 2.24 bits per heavy atom. The maximum absolute atomic E-state index is 12.4. The fourth-order valence-electron chi connectivity index (χ4n) is 4.48. The van der Waals surface area contributed by atoms with Crippen molar-refractivity contribution in [3.8, 4) is 11.5 Å². The van der Waals surface area contributed by atoms with Crippen molar-refractivity contribution in [1.82, 2.24) is 0 Å². The number of benzene rings is 1. The van der Waals surface area contributed by atoms with E-state index in [1.165, 1.54) is 0 Å². The summed E-state index contributed by atoms with van der Waals surface area (Å²) in [6.07, 6.45) is 4.90. The molecule has 1 aromatic carbocycles. The van der Waals surface area contributed by atoms with Crippen LogP contribution < -0.4 is 9.47 Å². The smallest absolute Gasteiger partial charge is 0.174 e. The second kappa shape index (κ2) is 4.26. The van der Waals surface area contributed by atoms with Crippen LogP contribution >= 0.6 is 11.6 Å². The molecule has 3 nitrogen and oxygen atoms in total. The van der Waals surface area contributed by atoms with Gasteiger partial charge in [-0.1, -0.05) is 17.7 Å². The lowest BCUT2D eigenvalue weighted by Gasteiger charge is -2.45. The molecule has 3 atom stereocenters. The Labute approximate surface area is 128 Å². The molecule has 21 heavy (non-hydrogen) atoms. The van der Waals surface area contributed by atoms with E-state index in [1.807, 2.05) is 6.08 Å². The van der Waals surface area contributed by atoms with Crippen LogP contribution in [-0.2, 0) is 16.6 Å². The Morgan fingerprint density at radius 1 is 1.48 bits per heavy atom. The molecule has 0 saturated heterocycles. The molecule has 0 spiro atoms. The SMILES string of the molecule is C=C[C@]12c3c4c(Cl)cc(OC)c3O[C@H]1C(=O)CC[C@H]2CC4. The Kier molecular flexibility index (Phi) is 2.68. The first-order valence-corrected chi connectivity index (χ1v) is 7.74. The zero-order valence-corrected chi connectivity index (χ0v) is 12.7. The zero-order valence-electron chi connectivity index (χ0n) is 11.9. The van der Waals surface area contributed by atoms with Gasteiger partial charge in [-0.05, 0) is 30.7 Å². The van der Waals surface area contributed by atoms with Crippen LogP contribution in [0.2, 0.25) is 5.02 Å². The van der Waals surface area contributed by atoms with E-state index in [0.29, 0.717) is 28.9 Å². The molecule has 0 N–H and O–H groups in total. The van der Waals surface area contributed by atoms with Gasteiger partial charge in [0.2, 0.25) is 0 Å². The predicted octanol–water partition coefficient (Wildman–Crippen LogP) is 3.46. The van der Waals surface area contributed by atoms with Crippen LogP contribution in [0, 0.1) is 5.92 Å². The number of carbonyl (C=O) groups is 1. The Balaban J connectivity index is 2.07. The topological polar surface area (TPSA) is 35.5 Å². The first-order chi connectivity index (χ1) is 10.1. The number of hydrogen-bond acceptors (Lipinski definition) is 3. The molecule has 4 rings (SSSR count). The van der Waals surface area contributed by atoms with E-state index in [1.54, 1.807) is 13.2 Å². The van der Waals surface area contributed by atoms with Crippen LogP contribution in [0.15, 0.2) is 18.7 Å². The van der Waals surface area contributed by atoms with Crippen LogP contribution in [0.5, 0.6) is 11.5 Å². The van der Waals surface area contributed by atoms with Crippen molar-refractivity contribution in [3.63, 3.8) is 0 Å². The zero-order chi connectivity index (χ0) is 14.8. The van der Waals surface area contributed by atoms with Crippen LogP contribution in [0.4, 0.5) is 0 Å². The van der Waals surface area contributed by atoms with Gasteiger partial charge in [-0.15, -0.1) is 6.58 Å². The third kappa shape index (κ3) is 1.43. The van der Waals surface area contributed by atoms with Gasteiger partial charge in [0.1, 0.15) is 0 Å². The standard InChI is InChI=1S/C17H17ClO3/c1-3-17-9-4-6-10-11(18)8-13(20-2)15(14(10)17)21-16(17)12(19)7-5-9/h3,8-9,16H,1,4-7H2,2H3/t9-,16+,17+/m1/s1. The van der Waals surface area contributed by atoms with E-state index < -0.39 is 11.5 Å². The third-order valence-electron chi connectivity index (χ3n) is 5.41. The first kappa shape index (κ1) is 13.2. The summed E-state index contributed by atoms with van der Waals surface area (Å²) >= 11 is 6.45. The van der Waals surface area contributed by atoms with E-state index >= 15 is 0 Å². The number of hydrogen-bond donors (Lipinski definition) is 0. The summed E-state index contributed by atoms with van der Waals surface area (Å²) in [4.78, 5) is 12.4. The van der Waals surface area contributed by atoms with Gasteiger partial charge >= 0.3 is 0 Å². The molecule has 0 amide bonds. The number of carbonyl (C=O) groups excluding carboxylic acids is 1. The van der Waals surface area contributed by atoms with Crippen LogP contribution in [0.25, 0.3) is 0 Å². The van der Waals surface area contributed by atoms with Gasteiger partial charge in [-0.3, -0.25) is 4.79 Å². The lowest BCUT2D eigenvalue weighted by molar-refractivity contribution is -0.131. The quantitative estimate of drug-likeness (QED) is 0.785. The lowest BCUT2D eigenvalue weighted by atomic mass is 9.56. The molecule has 2 aliphatic carbocycles. The molecular formula is C17H17ClO3.